The van der Waals surface area contributed by atoms with Gasteiger partial charge in [0.15, 0.2) is 0 Å². The first kappa shape index (κ1) is 15.0. The lowest BCUT2D eigenvalue weighted by atomic mass is 10.1. The van der Waals surface area contributed by atoms with E-state index in [1.165, 1.54) is 17.7 Å². The summed E-state index contributed by atoms with van der Waals surface area (Å²) >= 11 is 0. The molecule has 0 aliphatic rings. The topological polar surface area (TPSA) is 41.1 Å². The van der Waals surface area contributed by atoms with Gasteiger partial charge in [0, 0.05) is 6.04 Å². The Kier molecular flexibility index (Phi) is 5.32. The van der Waals surface area contributed by atoms with Crippen molar-refractivity contribution < 1.29 is 9.18 Å². The summed E-state index contributed by atoms with van der Waals surface area (Å²) in [6.07, 6.45) is 1.72. The Balaban J connectivity index is 1.78. The summed E-state index contributed by atoms with van der Waals surface area (Å²) in [6.45, 7) is 1.93. The van der Waals surface area contributed by atoms with E-state index < -0.39 is 5.82 Å². The standard InChI is InChI=1S/C17H19FN2O/c1-13(11-12-14-7-3-2-4-8-14)19-17(21)20-16-10-6-5-9-15(16)18/h2-10,13H,11-12H2,1H3,(H2,19,20,21)/t13-/m0/s1. The van der Waals surface area contributed by atoms with E-state index in [0.29, 0.717) is 0 Å². The van der Waals surface area contributed by atoms with Gasteiger partial charge in [0.05, 0.1) is 5.69 Å². The van der Waals surface area contributed by atoms with Gasteiger partial charge in [-0.1, -0.05) is 42.5 Å². The molecule has 0 saturated carbocycles. The fraction of sp³-hybridized carbons (Fsp3) is 0.235. The molecule has 0 fully saturated rings. The van der Waals surface area contributed by atoms with Crippen molar-refractivity contribution in [3.8, 4) is 0 Å². The second-order valence-electron chi connectivity index (χ2n) is 5.00. The Hall–Kier alpha value is -2.36. The predicted molar refractivity (Wildman–Crippen MR) is 82.8 cm³/mol. The number of aryl methyl sites for hydroxylation is 1. The molecule has 0 heterocycles. The first-order valence-corrected chi connectivity index (χ1v) is 7.01. The molecule has 0 bridgehead atoms. The Morgan fingerprint density at radius 3 is 2.48 bits per heavy atom. The average molecular weight is 286 g/mol. The zero-order valence-corrected chi connectivity index (χ0v) is 12.0. The highest BCUT2D eigenvalue weighted by Gasteiger charge is 2.09. The van der Waals surface area contributed by atoms with E-state index in [9.17, 15) is 9.18 Å². The quantitative estimate of drug-likeness (QED) is 0.858. The van der Waals surface area contributed by atoms with Crippen molar-refractivity contribution in [2.24, 2.45) is 0 Å². The van der Waals surface area contributed by atoms with Gasteiger partial charge in [0.2, 0.25) is 0 Å². The molecule has 0 radical (unpaired) electrons. The van der Waals surface area contributed by atoms with Crippen molar-refractivity contribution in [2.45, 2.75) is 25.8 Å². The summed E-state index contributed by atoms with van der Waals surface area (Å²) in [7, 11) is 0. The Bertz CT molecular complexity index is 586. The maximum atomic E-state index is 13.4. The summed E-state index contributed by atoms with van der Waals surface area (Å²) in [5.41, 5.74) is 1.42. The number of carbonyl (C=O) groups excluding carboxylic acids is 1. The molecule has 110 valence electrons. The molecule has 0 aliphatic carbocycles. The number of rotatable bonds is 5. The van der Waals surface area contributed by atoms with Crippen LogP contribution in [0.5, 0.6) is 0 Å². The Labute approximate surface area is 124 Å². The van der Waals surface area contributed by atoms with E-state index in [2.05, 4.69) is 22.8 Å². The van der Waals surface area contributed by atoms with Gasteiger partial charge in [-0.2, -0.15) is 0 Å². The van der Waals surface area contributed by atoms with Gasteiger partial charge in [-0.05, 0) is 37.5 Å². The Morgan fingerprint density at radius 2 is 1.76 bits per heavy atom. The third-order valence-electron chi connectivity index (χ3n) is 3.21. The molecule has 0 unspecified atom stereocenters. The highest BCUT2D eigenvalue weighted by atomic mass is 19.1. The number of anilines is 1. The highest BCUT2D eigenvalue weighted by molar-refractivity contribution is 5.89. The zero-order valence-electron chi connectivity index (χ0n) is 12.0. The van der Waals surface area contributed by atoms with Crippen LogP contribution in [0, 0.1) is 5.82 Å². The van der Waals surface area contributed by atoms with E-state index in [0.717, 1.165) is 12.8 Å². The van der Waals surface area contributed by atoms with Gasteiger partial charge >= 0.3 is 6.03 Å². The van der Waals surface area contributed by atoms with Crippen LogP contribution >= 0.6 is 0 Å². The van der Waals surface area contributed by atoms with E-state index in [1.807, 2.05) is 25.1 Å². The molecule has 1 atom stereocenters. The van der Waals surface area contributed by atoms with Crippen molar-refractivity contribution in [3.05, 3.63) is 66.0 Å². The number of para-hydroxylation sites is 1. The van der Waals surface area contributed by atoms with Gasteiger partial charge in [-0.25, -0.2) is 9.18 Å². The fourth-order valence-corrected chi connectivity index (χ4v) is 2.04. The lowest BCUT2D eigenvalue weighted by molar-refractivity contribution is 0.248. The first-order valence-electron chi connectivity index (χ1n) is 7.01. The van der Waals surface area contributed by atoms with E-state index in [4.69, 9.17) is 0 Å². The van der Waals surface area contributed by atoms with Crippen molar-refractivity contribution in [3.63, 3.8) is 0 Å². The van der Waals surface area contributed by atoms with Crippen LogP contribution in [0.3, 0.4) is 0 Å². The Morgan fingerprint density at radius 1 is 1.10 bits per heavy atom. The SMILES string of the molecule is C[C@@H](CCc1ccccc1)NC(=O)Nc1ccccc1F. The monoisotopic (exact) mass is 286 g/mol. The maximum Gasteiger partial charge on any atom is 0.319 e. The van der Waals surface area contributed by atoms with E-state index in [1.54, 1.807) is 12.1 Å². The molecule has 3 nitrogen and oxygen atoms in total. The van der Waals surface area contributed by atoms with E-state index in [-0.39, 0.29) is 17.8 Å². The van der Waals surface area contributed by atoms with Crippen LogP contribution in [0.15, 0.2) is 54.6 Å². The summed E-state index contributed by atoms with van der Waals surface area (Å²) < 4.78 is 13.4. The normalized spacial score (nSPS) is 11.7. The zero-order chi connectivity index (χ0) is 15.1. The predicted octanol–water partition coefficient (Wildman–Crippen LogP) is 3.97. The number of benzene rings is 2. The van der Waals surface area contributed by atoms with Crippen LogP contribution in [-0.2, 0) is 6.42 Å². The lowest BCUT2D eigenvalue weighted by Crippen LogP contribution is -2.36. The molecular formula is C17H19FN2O. The number of nitrogens with one attached hydrogen (secondary N) is 2. The summed E-state index contributed by atoms with van der Waals surface area (Å²) in [6, 6.07) is 15.8. The smallest absolute Gasteiger partial charge is 0.319 e. The highest BCUT2D eigenvalue weighted by Crippen LogP contribution is 2.12. The number of amides is 2. The molecule has 4 heteroatoms. The van der Waals surface area contributed by atoms with Crippen LogP contribution in [0.2, 0.25) is 0 Å². The second kappa shape index (κ2) is 7.43. The summed E-state index contributed by atoms with van der Waals surface area (Å²) in [5.74, 6) is -0.440. The molecule has 2 amide bonds. The van der Waals surface area contributed by atoms with Crippen LogP contribution in [0.1, 0.15) is 18.9 Å². The van der Waals surface area contributed by atoms with Gasteiger partial charge in [0.1, 0.15) is 5.82 Å². The molecule has 2 aromatic rings. The largest absolute Gasteiger partial charge is 0.335 e. The van der Waals surface area contributed by atoms with Crippen molar-refractivity contribution in [2.75, 3.05) is 5.32 Å². The number of hydrogen-bond acceptors (Lipinski definition) is 1. The molecule has 2 aromatic carbocycles. The minimum atomic E-state index is -0.440. The van der Waals surface area contributed by atoms with Crippen LogP contribution in [-0.4, -0.2) is 12.1 Å². The third-order valence-corrected chi connectivity index (χ3v) is 3.21. The van der Waals surface area contributed by atoms with Crippen molar-refractivity contribution >= 4 is 11.7 Å². The van der Waals surface area contributed by atoms with Crippen molar-refractivity contribution in [1.29, 1.82) is 0 Å². The molecule has 0 saturated heterocycles. The molecular weight excluding hydrogens is 267 g/mol. The van der Waals surface area contributed by atoms with Gasteiger partial charge in [-0.3, -0.25) is 0 Å². The van der Waals surface area contributed by atoms with E-state index >= 15 is 0 Å². The summed E-state index contributed by atoms with van der Waals surface area (Å²) in [4.78, 5) is 11.8. The van der Waals surface area contributed by atoms with Crippen molar-refractivity contribution in [1.82, 2.24) is 5.32 Å². The van der Waals surface area contributed by atoms with Gasteiger partial charge < -0.3 is 10.6 Å². The number of halogens is 1. The number of urea groups is 1. The number of hydrogen-bond donors (Lipinski definition) is 2. The minimum absolute atomic E-state index is 0.0111. The van der Waals surface area contributed by atoms with Crippen LogP contribution in [0.25, 0.3) is 0 Å². The number of carbonyl (C=O) groups is 1. The lowest BCUT2D eigenvalue weighted by Gasteiger charge is -2.15. The molecule has 2 N–H and O–H groups in total. The molecule has 0 spiro atoms. The average Bonchev–Trinajstić information content (AvgIpc) is 2.48. The first-order chi connectivity index (χ1) is 10.1. The third kappa shape index (κ3) is 4.91. The van der Waals surface area contributed by atoms with Gasteiger partial charge in [0.25, 0.3) is 0 Å². The fourth-order valence-electron chi connectivity index (χ4n) is 2.04. The molecule has 21 heavy (non-hydrogen) atoms. The second-order valence-corrected chi connectivity index (χ2v) is 5.00. The maximum absolute atomic E-state index is 13.4. The molecule has 0 aromatic heterocycles. The molecule has 0 aliphatic heterocycles. The van der Waals surface area contributed by atoms with Crippen LogP contribution < -0.4 is 10.6 Å². The molecule has 2 rings (SSSR count). The van der Waals surface area contributed by atoms with Gasteiger partial charge in [-0.15, -0.1) is 0 Å². The minimum Gasteiger partial charge on any atom is -0.335 e. The summed E-state index contributed by atoms with van der Waals surface area (Å²) in [5, 5.41) is 5.32. The van der Waals surface area contributed by atoms with Crippen LogP contribution in [0.4, 0.5) is 14.9 Å².